The van der Waals surface area contributed by atoms with E-state index in [0.717, 1.165) is 49.3 Å². The number of likely N-dealkylation sites (tertiary alicyclic amines) is 1. The molecular weight excluding hydrogens is 226 g/mol. The lowest BCUT2D eigenvalue weighted by Gasteiger charge is -2.13. The molecule has 3 rings (SSSR count). The molecule has 1 saturated heterocycles. The number of nitrogens with one attached hydrogen (secondary N) is 1. The minimum atomic E-state index is -0.136. The molecule has 1 fully saturated rings. The van der Waals surface area contributed by atoms with Crippen LogP contribution in [0.2, 0.25) is 0 Å². The minimum absolute atomic E-state index is 0.136. The van der Waals surface area contributed by atoms with Gasteiger partial charge in [-0.2, -0.15) is 0 Å². The van der Waals surface area contributed by atoms with E-state index in [0.29, 0.717) is 0 Å². The van der Waals surface area contributed by atoms with E-state index >= 15 is 0 Å². The number of aromatic nitrogens is 2. The topological polar surface area (TPSA) is 52.1 Å². The van der Waals surface area contributed by atoms with Crippen LogP contribution in [0.1, 0.15) is 17.8 Å². The summed E-state index contributed by atoms with van der Waals surface area (Å²) in [6.07, 6.45) is 1.68. The van der Waals surface area contributed by atoms with Crippen LogP contribution in [0.15, 0.2) is 18.2 Å². The zero-order valence-electron chi connectivity index (χ0n) is 10.7. The van der Waals surface area contributed by atoms with Crippen molar-refractivity contribution in [1.82, 2.24) is 14.9 Å². The van der Waals surface area contributed by atoms with E-state index in [4.69, 9.17) is 0 Å². The highest BCUT2D eigenvalue weighted by molar-refractivity contribution is 5.75. The first kappa shape index (κ1) is 11.7. The Morgan fingerprint density at radius 3 is 3.17 bits per heavy atom. The summed E-state index contributed by atoms with van der Waals surface area (Å²) in [6.45, 7) is 4.86. The van der Waals surface area contributed by atoms with Crippen LogP contribution in [0.5, 0.6) is 0 Å². The molecule has 0 bridgehead atoms. The Bertz CT molecular complexity index is 549. The molecule has 1 aromatic heterocycles. The molecule has 1 aromatic carbocycles. The van der Waals surface area contributed by atoms with E-state index in [1.165, 1.54) is 5.56 Å². The number of rotatable bonds is 3. The lowest BCUT2D eigenvalue weighted by molar-refractivity contribution is 0.176. The van der Waals surface area contributed by atoms with Crippen molar-refractivity contribution in [2.24, 2.45) is 0 Å². The number of aliphatic hydroxyl groups excluding tert-OH is 1. The van der Waals surface area contributed by atoms with Crippen LogP contribution in [0.3, 0.4) is 0 Å². The Kier molecular flexibility index (Phi) is 3.06. The van der Waals surface area contributed by atoms with Crippen molar-refractivity contribution in [1.29, 1.82) is 0 Å². The second-order valence-electron chi connectivity index (χ2n) is 5.20. The number of aliphatic hydroxyl groups is 1. The molecule has 1 aliphatic rings. The summed E-state index contributed by atoms with van der Waals surface area (Å²) in [6, 6.07) is 6.28. The number of aryl methyl sites for hydroxylation is 1. The normalized spacial score (nSPS) is 20.9. The third kappa shape index (κ3) is 2.40. The third-order valence-electron chi connectivity index (χ3n) is 3.60. The molecule has 2 aromatic rings. The highest BCUT2D eigenvalue weighted by Gasteiger charge is 2.19. The van der Waals surface area contributed by atoms with Gasteiger partial charge in [-0.15, -0.1) is 0 Å². The monoisotopic (exact) mass is 245 g/mol. The van der Waals surface area contributed by atoms with Crippen LogP contribution in [0.25, 0.3) is 11.0 Å². The number of H-pyrrole nitrogens is 1. The van der Waals surface area contributed by atoms with Gasteiger partial charge in [-0.3, -0.25) is 0 Å². The Morgan fingerprint density at radius 2 is 2.39 bits per heavy atom. The van der Waals surface area contributed by atoms with E-state index in [1.54, 1.807) is 0 Å². The first-order valence-electron chi connectivity index (χ1n) is 6.56. The standard InChI is InChI=1S/C14H19N3O/c1-10-2-3-12-13(8-10)16-14(15-12)5-7-17-6-4-11(18)9-17/h2-3,8,11,18H,4-7,9H2,1H3,(H,15,16). The SMILES string of the molecule is Cc1ccc2nc(CCN3CCC(O)C3)[nH]c2c1. The summed E-state index contributed by atoms with van der Waals surface area (Å²) in [5.41, 5.74) is 3.41. The van der Waals surface area contributed by atoms with Crippen molar-refractivity contribution in [2.75, 3.05) is 19.6 Å². The van der Waals surface area contributed by atoms with Crippen molar-refractivity contribution in [2.45, 2.75) is 25.9 Å². The second-order valence-corrected chi connectivity index (χ2v) is 5.20. The fourth-order valence-corrected chi connectivity index (χ4v) is 2.57. The van der Waals surface area contributed by atoms with Crippen molar-refractivity contribution >= 4 is 11.0 Å². The largest absolute Gasteiger partial charge is 0.392 e. The molecule has 0 amide bonds. The number of fused-ring (bicyclic) bond motifs is 1. The number of β-amino-alcohol motifs (C(OH)–C–C–N with tert-alkyl or cyclic N) is 1. The smallest absolute Gasteiger partial charge is 0.108 e. The third-order valence-corrected chi connectivity index (χ3v) is 3.60. The molecule has 0 saturated carbocycles. The van der Waals surface area contributed by atoms with Crippen molar-refractivity contribution in [3.05, 3.63) is 29.6 Å². The molecule has 0 spiro atoms. The van der Waals surface area contributed by atoms with Gasteiger partial charge in [0.05, 0.1) is 17.1 Å². The Hall–Kier alpha value is -1.39. The van der Waals surface area contributed by atoms with Gasteiger partial charge in [0, 0.05) is 26.1 Å². The average molecular weight is 245 g/mol. The lowest BCUT2D eigenvalue weighted by atomic mass is 10.2. The lowest BCUT2D eigenvalue weighted by Crippen LogP contribution is -2.24. The molecule has 4 nitrogen and oxygen atoms in total. The van der Waals surface area contributed by atoms with Crippen LogP contribution in [0, 0.1) is 6.92 Å². The summed E-state index contributed by atoms with van der Waals surface area (Å²) in [5, 5.41) is 9.48. The van der Waals surface area contributed by atoms with Gasteiger partial charge in [-0.25, -0.2) is 4.98 Å². The second kappa shape index (κ2) is 4.71. The van der Waals surface area contributed by atoms with Crippen LogP contribution in [-0.2, 0) is 6.42 Å². The van der Waals surface area contributed by atoms with Gasteiger partial charge < -0.3 is 15.0 Å². The molecule has 18 heavy (non-hydrogen) atoms. The molecule has 0 radical (unpaired) electrons. The van der Waals surface area contributed by atoms with Crippen LogP contribution in [0.4, 0.5) is 0 Å². The number of nitrogens with zero attached hydrogens (tertiary/aromatic N) is 2. The van der Waals surface area contributed by atoms with Gasteiger partial charge in [-0.05, 0) is 31.0 Å². The maximum Gasteiger partial charge on any atom is 0.108 e. The fourth-order valence-electron chi connectivity index (χ4n) is 2.57. The quantitative estimate of drug-likeness (QED) is 0.861. The van der Waals surface area contributed by atoms with Gasteiger partial charge in [0.1, 0.15) is 5.82 Å². The zero-order valence-corrected chi connectivity index (χ0v) is 10.7. The minimum Gasteiger partial charge on any atom is -0.392 e. The molecule has 1 atom stereocenters. The molecule has 96 valence electrons. The van der Waals surface area contributed by atoms with Crippen molar-refractivity contribution in [3.8, 4) is 0 Å². The maximum atomic E-state index is 9.48. The highest BCUT2D eigenvalue weighted by atomic mass is 16.3. The molecule has 4 heteroatoms. The number of hydrogen-bond donors (Lipinski definition) is 2. The number of aromatic amines is 1. The molecule has 2 N–H and O–H groups in total. The van der Waals surface area contributed by atoms with Crippen molar-refractivity contribution < 1.29 is 5.11 Å². The summed E-state index contributed by atoms with van der Waals surface area (Å²) in [5.74, 6) is 1.04. The number of benzene rings is 1. The van der Waals surface area contributed by atoms with E-state index in [1.807, 2.05) is 0 Å². The molecule has 1 unspecified atom stereocenters. The Morgan fingerprint density at radius 1 is 1.50 bits per heavy atom. The summed E-state index contributed by atoms with van der Waals surface area (Å²) in [4.78, 5) is 10.3. The first-order chi connectivity index (χ1) is 8.70. The van der Waals surface area contributed by atoms with E-state index in [-0.39, 0.29) is 6.10 Å². The predicted octanol–water partition coefficient (Wildman–Crippen LogP) is 1.48. The molecule has 0 aliphatic carbocycles. The molecule has 2 heterocycles. The van der Waals surface area contributed by atoms with Crippen LogP contribution < -0.4 is 0 Å². The van der Waals surface area contributed by atoms with Gasteiger partial charge in [0.2, 0.25) is 0 Å². The average Bonchev–Trinajstić information content (AvgIpc) is 2.92. The fraction of sp³-hybridized carbons (Fsp3) is 0.500. The van der Waals surface area contributed by atoms with E-state index in [2.05, 4.69) is 40.0 Å². The Labute approximate surface area is 107 Å². The summed E-state index contributed by atoms with van der Waals surface area (Å²) >= 11 is 0. The van der Waals surface area contributed by atoms with Gasteiger partial charge in [0.25, 0.3) is 0 Å². The van der Waals surface area contributed by atoms with Crippen molar-refractivity contribution in [3.63, 3.8) is 0 Å². The first-order valence-corrected chi connectivity index (χ1v) is 6.56. The van der Waals surface area contributed by atoms with Gasteiger partial charge >= 0.3 is 0 Å². The maximum absolute atomic E-state index is 9.48. The van der Waals surface area contributed by atoms with Crippen LogP contribution >= 0.6 is 0 Å². The van der Waals surface area contributed by atoms with Gasteiger partial charge in [0.15, 0.2) is 0 Å². The molecule has 1 aliphatic heterocycles. The Balaban J connectivity index is 1.67. The van der Waals surface area contributed by atoms with Gasteiger partial charge in [-0.1, -0.05) is 6.07 Å². The highest BCUT2D eigenvalue weighted by Crippen LogP contribution is 2.14. The summed E-state index contributed by atoms with van der Waals surface area (Å²) in [7, 11) is 0. The number of imidazole rings is 1. The van der Waals surface area contributed by atoms with Crippen LogP contribution in [-0.4, -0.2) is 45.7 Å². The summed E-state index contributed by atoms with van der Waals surface area (Å²) < 4.78 is 0. The van der Waals surface area contributed by atoms with E-state index < -0.39 is 0 Å². The van der Waals surface area contributed by atoms with E-state index in [9.17, 15) is 5.11 Å². The molecular formula is C14H19N3O. The number of hydrogen-bond acceptors (Lipinski definition) is 3. The predicted molar refractivity (Wildman–Crippen MR) is 71.6 cm³/mol. The zero-order chi connectivity index (χ0) is 12.5.